The largest absolute Gasteiger partial charge is 0.497 e. The van der Waals surface area contributed by atoms with E-state index in [1.165, 1.54) is 5.56 Å². The average molecular weight is 311 g/mol. The first-order valence-corrected chi connectivity index (χ1v) is 7.77. The van der Waals surface area contributed by atoms with Gasteiger partial charge < -0.3 is 20.7 Å². The zero-order valence-electron chi connectivity index (χ0n) is 13.1. The smallest absolute Gasteiger partial charge is 0.319 e. The summed E-state index contributed by atoms with van der Waals surface area (Å²) in [6, 6.07) is 15.9. The summed E-state index contributed by atoms with van der Waals surface area (Å²) in [5.74, 6) is 0.855. The molecule has 1 fully saturated rings. The monoisotopic (exact) mass is 311 g/mol. The van der Waals surface area contributed by atoms with Gasteiger partial charge in [-0.3, -0.25) is 0 Å². The molecule has 0 spiro atoms. The van der Waals surface area contributed by atoms with E-state index in [2.05, 4.69) is 16.0 Å². The lowest BCUT2D eigenvalue weighted by molar-refractivity contribution is 0.251. The van der Waals surface area contributed by atoms with E-state index in [1.54, 1.807) is 7.11 Å². The molecule has 0 atom stereocenters. The van der Waals surface area contributed by atoms with Crippen LogP contribution in [-0.4, -0.2) is 19.2 Å². The van der Waals surface area contributed by atoms with Gasteiger partial charge >= 0.3 is 6.03 Å². The van der Waals surface area contributed by atoms with Crippen LogP contribution < -0.4 is 20.7 Å². The van der Waals surface area contributed by atoms with E-state index < -0.39 is 0 Å². The quantitative estimate of drug-likeness (QED) is 0.764. The number of rotatable bonds is 6. The van der Waals surface area contributed by atoms with Crippen LogP contribution in [0.25, 0.3) is 0 Å². The summed E-state index contributed by atoms with van der Waals surface area (Å²) in [5, 5.41) is 9.08. The number of urea groups is 1. The Morgan fingerprint density at radius 3 is 2.30 bits per heavy atom. The minimum atomic E-state index is -0.133. The third-order valence-corrected chi connectivity index (χ3v) is 3.71. The van der Waals surface area contributed by atoms with Crippen LogP contribution in [0.1, 0.15) is 18.4 Å². The van der Waals surface area contributed by atoms with Gasteiger partial charge in [0, 0.05) is 24.0 Å². The Balaban J connectivity index is 1.49. The van der Waals surface area contributed by atoms with Gasteiger partial charge in [-0.15, -0.1) is 0 Å². The summed E-state index contributed by atoms with van der Waals surface area (Å²) in [6.45, 7) is 0.735. The number of ether oxygens (including phenoxy) is 1. The van der Waals surface area contributed by atoms with E-state index in [1.807, 2.05) is 48.5 Å². The number of amides is 2. The number of anilines is 2. The topological polar surface area (TPSA) is 62.4 Å². The minimum Gasteiger partial charge on any atom is -0.497 e. The highest BCUT2D eigenvalue weighted by molar-refractivity contribution is 5.89. The Morgan fingerprint density at radius 1 is 1.04 bits per heavy atom. The van der Waals surface area contributed by atoms with Gasteiger partial charge in [-0.1, -0.05) is 12.1 Å². The molecule has 0 bridgehead atoms. The van der Waals surface area contributed by atoms with Crippen LogP contribution in [0.3, 0.4) is 0 Å². The van der Waals surface area contributed by atoms with Gasteiger partial charge in [0.2, 0.25) is 0 Å². The summed E-state index contributed by atoms with van der Waals surface area (Å²) in [6.07, 6.45) is 2.17. The first-order valence-electron chi connectivity index (χ1n) is 7.77. The molecule has 0 radical (unpaired) electrons. The van der Waals surface area contributed by atoms with Crippen LogP contribution in [0.2, 0.25) is 0 Å². The van der Waals surface area contributed by atoms with Crippen LogP contribution >= 0.6 is 0 Å². The molecular weight excluding hydrogens is 290 g/mol. The molecule has 120 valence electrons. The highest BCUT2D eigenvalue weighted by atomic mass is 16.5. The lowest BCUT2D eigenvalue weighted by Crippen LogP contribution is -2.30. The van der Waals surface area contributed by atoms with E-state index in [9.17, 15) is 4.79 Å². The number of benzene rings is 2. The van der Waals surface area contributed by atoms with Crippen molar-refractivity contribution in [1.29, 1.82) is 0 Å². The van der Waals surface area contributed by atoms with Crippen molar-refractivity contribution in [3.05, 3.63) is 54.1 Å². The van der Waals surface area contributed by atoms with Gasteiger partial charge in [-0.05, 0) is 54.8 Å². The van der Waals surface area contributed by atoms with Crippen molar-refractivity contribution in [3.63, 3.8) is 0 Å². The van der Waals surface area contributed by atoms with E-state index in [-0.39, 0.29) is 6.03 Å². The molecule has 2 aromatic carbocycles. The van der Waals surface area contributed by atoms with E-state index in [0.717, 1.165) is 36.5 Å². The minimum absolute atomic E-state index is 0.133. The predicted molar refractivity (Wildman–Crippen MR) is 91.9 cm³/mol. The van der Waals surface area contributed by atoms with E-state index >= 15 is 0 Å². The Hall–Kier alpha value is -2.69. The maximum atomic E-state index is 11.7. The molecule has 1 saturated carbocycles. The van der Waals surface area contributed by atoms with Crippen LogP contribution in [0.15, 0.2) is 48.5 Å². The molecule has 1 aliphatic carbocycles. The first kappa shape index (κ1) is 15.2. The fraction of sp³-hybridized carbons (Fsp3) is 0.278. The third-order valence-electron chi connectivity index (χ3n) is 3.71. The van der Waals surface area contributed by atoms with Crippen molar-refractivity contribution in [3.8, 4) is 5.75 Å². The molecule has 23 heavy (non-hydrogen) atoms. The fourth-order valence-corrected chi connectivity index (χ4v) is 2.20. The molecule has 0 saturated heterocycles. The second kappa shape index (κ2) is 7.05. The molecule has 0 aliphatic heterocycles. The molecule has 1 aliphatic rings. The van der Waals surface area contributed by atoms with Crippen molar-refractivity contribution in [1.82, 2.24) is 5.32 Å². The van der Waals surface area contributed by atoms with Crippen molar-refractivity contribution in [2.75, 3.05) is 17.7 Å². The Kier molecular flexibility index (Phi) is 4.66. The molecule has 2 amide bonds. The highest BCUT2D eigenvalue weighted by Crippen LogP contribution is 2.19. The maximum Gasteiger partial charge on any atom is 0.319 e. The maximum absolute atomic E-state index is 11.7. The molecule has 3 rings (SSSR count). The second-order valence-corrected chi connectivity index (χ2v) is 5.65. The Morgan fingerprint density at radius 2 is 1.70 bits per heavy atom. The predicted octanol–water partition coefficient (Wildman–Crippen LogP) is 3.59. The number of hydrogen-bond acceptors (Lipinski definition) is 3. The number of carbonyl (C=O) groups excluding carboxylic acids is 1. The lowest BCUT2D eigenvalue weighted by Gasteiger charge is -2.10. The molecule has 5 heteroatoms. The number of methoxy groups -OCH3 is 1. The highest BCUT2D eigenvalue weighted by Gasteiger charge is 2.23. The van der Waals surface area contributed by atoms with Crippen molar-refractivity contribution in [2.45, 2.75) is 25.4 Å². The molecule has 0 heterocycles. The molecule has 2 aromatic rings. The van der Waals surface area contributed by atoms with Gasteiger partial charge in [0.05, 0.1) is 7.11 Å². The molecule has 0 aromatic heterocycles. The third kappa shape index (κ3) is 4.64. The molecule has 3 N–H and O–H groups in total. The Bertz CT molecular complexity index is 649. The summed E-state index contributed by atoms with van der Waals surface area (Å²) in [4.78, 5) is 11.7. The van der Waals surface area contributed by atoms with Gasteiger partial charge in [0.1, 0.15) is 5.75 Å². The normalized spacial score (nSPS) is 13.3. The fourth-order valence-electron chi connectivity index (χ4n) is 2.20. The lowest BCUT2D eigenvalue weighted by atomic mass is 10.2. The Labute approximate surface area is 136 Å². The molecular formula is C18H21N3O2. The summed E-state index contributed by atoms with van der Waals surface area (Å²) in [7, 11) is 1.66. The van der Waals surface area contributed by atoms with Crippen LogP contribution in [0, 0.1) is 0 Å². The molecule has 0 unspecified atom stereocenters. The zero-order valence-corrected chi connectivity index (χ0v) is 13.1. The first-order chi connectivity index (χ1) is 11.2. The van der Waals surface area contributed by atoms with Crippen LogP contribution in [0.4, 0.5) is 16.2 Å². The van der Waals surface area contributed by atoms with Crippen molar-refractivity contribution in [2.24, 2.45) is 0 Å². The summed E-state index contributed by atoms with van der Waals surface area (Å²) in [5.41, 5.74) is 2.98. The van der Waals surface area contributed by atoms with Crippen molar-refractivity contribution < 1.29 is 9.53 Å². The van der Waals surface area contributed by atoms with Crippen LogP contribution in [-0.2, 0) is 6.54 Å². The number of hydrogen-bond donors (Lipinski definition) is 3. The van der Waals surface area contributed by atoms with Crippen molar-refractivity contribution >= 4 is 17.4 Å². The zero-order chi connectivity index (χ0) is 16.1. The van der Waals surface area contributed by atoms with Gasteiger partial charge in [-0.25, -0.2) is 4.79 Å². The number of nitrogens with one attached hydrogen (secondary N) is 3. The summed E-state index contributed by atoms with van der Waals surface area (Å²) >= 11 is 0. The number of carbonyl (C=O) groups is 1. The molecule has 5 nitrogen and oxygen atoms in total. The van der Waals surface area contributed by atoms with E-state index in [4.69, 9.17) is 4.74 Å². The van der Waals surface area contributed by atoms with Gasteiger partial charge in [-0.2, -0.15) is 0 Å². The second-order valence-electron chi connectivity index (χ2n) is 5.65. The van der Waals surface area contributed by atoms with Crippen LogP contribution in [0.5, 0.6) is 5.75 Å². The standard InChI is InChI=1S/C18H21N3O2/c1-23-17-10-2-13(3-11-17)12-19-14-4-6-15(7-5-14)20-18(22)21-16-8-9-16/h2-7,10-11,16,19H,8-9,12H2,1H3,(H2,20,21,22). The SMILES string of the molecule is COc1ccc(CNc2ccc(NC(=O)NC3CC3)cc2)cc1. The van der Waals surface area contributed by atoms with Gasteiger partial charge in [0.25, 0.3) is 0 Å². The van der Waals surface area contributed by atoms with Gasteiger partial charge in [0.15, 0.2) is 0 Å². The average Bonchev–Trinajstić information content (AvgIpc) is 3.38. The van der Waals surface area contributed by atoms with E-state index in [0.29, 0.717) is 6.04 Å². The summed E-state index contributed by atoms with van der Waals surface area (Å²) < 4.78 is 5.14.